The lowest BCUT2D eigenvalue weighted by Crippen LogP contribution is -2.49. The quantitative estimate of drug-likeness (QED) is 0.665. The fraction of sp³-hybridized carbons (Fsp3) is 0.524. The second-order valence-corrected chi connectivity index (χ2v) is 9.87. The number of nitrogens with zero attached hydrogens (tertiary/aromatic N) is 3. The van der Waals surface area contributed by atoms with Gasteiger partial charge in [0.25, 0.3) is 0 Å². The van der Waals surface area contributed by atoms with Gasteiger partial charge in [-0.1, -0.05) is 6.92 Å². The summed E-state index contributed by atoms with van der Waals surface area (Å²) >= 11 is 0.948. The van der Waals surface area contributed by atoms with Gasteiger partial charge in [-0.05, 0) is 39.2 Å². The van der Waals surface area contributed by atoms with E-state index in [0.717, 1.165) is 17.5 Å². The minimum atomic E-state index is -4.67. The highest BCUT2D eigenvalue weighted by atomic mass is 32.1. The normalized spacial score (nSPS) is 19.3. The zero-order chi connectivity index (χ0) is 24.6. The average Bonchev–Trinajstić information content (AvgIpc) is 3.18. The predicted octanol–water partition coefficient (Wildman–Crippen LogP) is 4.38. The number of hydrogen-bond acceptors (Lipinski definition) is 7. The molecule has 3 rings (SSSR count). The van der Waals surface area contributed by atoms with E-state index in [-0.39, 0.29) is 34.0 Å². The summed E-state index contributed by atoms with van der Waals surface area (Å²) in [6, 6.07) is 1.13. The Morgan fingerprint density at radius 1 is 1.30 bits per heavy atom. The van der Waals surface area contributed by atoms with Gasteiger partial charge in [-0.25, -0.2) is 14.8 Å². The van der Waals surface area contributed by atoms with Crippen molar-refractivity contribution < 1.29 is 27.5 Å². The minimum absolute atomic E-state index is 0.0242. The molecule has 0 spiro atoms. The Hall–Kier alpha value is -2.89. The number of nitrogens with one attached hydrogen (secondary N) is 1. The summed E-state index contributed by atoms with van der Waals surface area (Å²) in [6.45, 7) is 8.16. The first kappa shape index (κ1) is 24.7. The summed E-state index contributed by atoms with van der Waals surface area (Å²) in [6.07, 6.45) is -3.79. The summed E-state index contributed by atoms with van der Waals surface area (Å²) in [5.41, 5.74) is 3.41. The molecule has 0 radical (unpaired) electrons. The Bertz CT molecular complexity index is 1030. The SMILES string of the molecule is CC1CN(C(=O)OC(C)(C)C)CCC1Nc1ncc(C(F)(F)F)c(-c2cc(C(N)=O)cs2)n1. The Labute approximate surface area is 193 Å². The van der Waals surface area contributed by atoms with Crippen LogP contribution in [0.2, 0.25) is 0 Å². The van der Waals surface area contributed by atoms with E-state index in [9.17, 15) is 22.8 Å². The number of ether oxygens (including phenoxy) is 1. The summed E-state index contributed by atoms with van der Waals surface area (Å²) in [4.78, 5) is 33.5. The molecule has 33 heavy (non-hydrogen) atoms. The number of primary amides is 1. The zero-order valence-electron chi connectivity index (χ0n) is 18.7. The molecule has 3 heterocycles. The van der Waals surface area contributed by atoms with E-state index in [1.807, 2.05) is 6.92 Å². The molecule has 8 nitrogen and oxygen atoms in total. The lowest BCUT2D eigenvalue weighted by atomic mass is 9.94. The van der Waals surface area contributed by atoms with Crippen LogP contribution >= 0.6 is 11.3 Å². The van der Waals surface area contributed by atoms with Crippen molar-refractivity contribution in [3.05, 3.63) is 28.8 Å². The molecule has 2 unspecified atom stereocenters. The molecule has 1 saturated heterocycles. The number of rotatable bonds is 4. The molecular formula is C21H26F3N5O3S. The first-order valence-corrected chi connectivity index (χ1v) is 11.2. The number of thiophene rings is 1. The van der Waals surface area contributed by atoms with Crippen molar-refractivity contribution in [2.45, 2.75) is 51.9 Å². The third-order valence-corrected chi connectivity index (χ3v) is 6.02. The summed E-state index contributed by atoms with van der Waals surface area (Å²) in [5, 5.41) is 4.49. The van der Waals surface area contributed by atoms with E-state index in [0.29, 0.717) is 19.5 Å². The van der Waals surface area contributed by atoms with E-state index < -0.39 is 29.3 Å². The minimum Gasteiger partial charge on any atom is -0.444 e. The molecule has 0 saturated carbocycles. The van der Waals surface area contributed by atoms with Gasteiger partial charge in [-0.2, -0.15) is 13.2 Å². The third kappa shape index (κ3) is 6.12. The summed E-state index contributed by atoms with van der Waals surface area (Å²) < 4.78 is 46.1. The van der Waals surface area contributed by atoms with Crippen LogP contribution in [0.1, 0.15) is 50.0 Å². The van der Waals surface area contributed by atoms with Gasteiger partial charge in [0.15, 0.2) is 0 Å². The molecule has 3 N–H and O–H groups in total. The van der Waals surface area contributed by atoms with Crippen molar-refractivity contribution in [2.75, 3.05) is 18.4 Å². The van der Waals surface area contributed by atoms with E-state index in [4.69, 9.17) is 10.5 Å². The number of halogens is 3. The molecule has 0 aromatic carbocycles. The monoisotopic (exact) mass is 485 g/mol. The molecule has 1 fully saturated rings. The van der Waals surface area contributed by atoms with Gasteiger partial charge < -0.3 is 20.7 Å². The second kappa shape index (κ2) is 9.16. The van der Waals surface area contributed by atoms with Crippen LogP contribution < -0.4 is 11.1 Å². The Kier molecular flexibility index (Phi) is 6.87. The van der Waals surface area contributed by atoms with Gasteiger partial charge in [-0.15, -0.1) is 11.3 Å². The molecule has 1 aliphatic heterocycles. The van der Waals surface area contributed by atoms with Crippen molar-refractivity contribution in [1.82, 2.24) is 14.9 Å². The molecule has 12 heteroatoms. The van der Waals surface area contributed by atoms with Gasteiger partial charge in [-0.3, -0.25) is 4.79 Å². The Morgan fingerprint density at radius 2 is 2.00 bits per heavy atom. The smallest absolute Gasteiger partial charge is 0.420 e. The van der Waals surface area contributed by atoms with Crippen molar-refractivity contribution in [2.24, 2.45) is 11.7 Å². The first-order chi connectivity index (χ1) is 15.2. The molecule has 2 aromatic rings. The summed E-state index contributed by atoms with van der Waals surface area (Å²) in [7, 11) is 0. The van der Waals surface area contributed by atoms with E-state index in [1.165, 1.54) is 11.4 Å². The molecule has 1 aliphatic rings. The van der Waals surface area contributed by atoms with Crippen LogP contribution in [-0.2, 0) is 10.9 Å². The topological polar surface area (TPSA) is 110 Å². The lowest BCUT2D eigenvalue weighted by Gasteiger charge is -2.37. The molecule has 2 atom stereocenters. The van der Waals surface area contributed by atoms with Crippen LogP contribution in [0, 0.1) is 5.92 Å². The van der Waals surface area contributed by atoms with Gasteiger partial charge in [0.2, 0.25) is 11.9 Å². The maximum absolute atomic E-state index is 13.6. The van der Waals surface area contributed by atoms with Gasteiger partial charge >= 0.3 is 12.3 Å². The van der Waals surface area contributed by atoms with Crippen LogP contribution in [0.3, 0.4) is 0 Å². The number of carbonyl (C=O) groups excluding carboxylic acids is 2. The lowest BCUT2D eigenvalue weighted by molar-refractivity contribution is -0.137. The standard InChI is InChI=1S/C21H26F3N5O3S/c1-11-9-29(19(31)32-20(2,3)4)6-5-14(11)27-18-26-8-13(21(22,23)24)16(28-18)15-7-12(10-33-15)17(25)30/h7-8,10-11,14H,5-6,9H2,1-4H3,(H2,25,30)(H,26,27,28). The van der Waals surface area contributed by atoms with Crippen LogP contribution in [0.25, 0.3) is 10.6 Å². The van der Waals surface area contributed by atoms with E-state index in [2.05, 4.69) is 15.3 Å². The van der Waals surface area contributed by atoms with Gasteiger partial charge in [0, 0.05) is 30.7 Å². The maximum atomic E-state index is 13.6. The van der Waals surface area contributed by atoms with E-state index >= 15 is 0 Å². The zero-order valence-corrected chi connectivity index (χ0v) is 19.5. The predicted molar refractivity (Wildman–Crippen MR) is 118 cm³/mol. The Morgan fingerprint density at radius 3 is 2.55 bits per heavy atom. The highest BCUT2D eigenvalue weighted by Gasteiger charge is 2.37. The molecule has 180 valence electrons. The van der Waals surface area contributed by atoms with Crippen LogP contribution in [0.15, 0.2) is 17.6 Å². The Balaban J connectivity index is 1.79. The molecule has 0 aliphatic carbocycles. The number of amides is 2. The maximum Gasteiger partial charge on any atom is 0.420 e. The van der Waals surface area contributed by atoms with Crippen molar-refractivity contribution >= 4 is 29.3 Å². The number of likely N-dealkylation sites (tertiary alicyclic amines) is 1. The van der Waals surface area contributed by atoms with E-state index in [1.54, 1.807) is 25.7 Å². The highest BCUT2D eigenvalue weighted by Crippen LogP contribution is 2.38. The summed E-state index contributed by atoms with van der Waals surface area (Å²) in [5.74, 6) is -0.720. The fourth-order valence-corrected chi connectivity index (χ4v) is 4.35. The number of piperidine rings is 1. The number of carbonyl (C=O) groups is 2. The number of nitrogens with two attached hydrogens (primary N) is 1. The number of alkyl halides is 3. The number of anilines is 1. The average molecular weight is 486 g/mol. The van der Waals surface area contributed by atoms with Gasteiger partial charge in [0.1, 0.15) is 11.2 Å². The fourth-order valence-electron chi connectivity index (χ4n) is 3.45. The first-order valence-electron chi connectivity index (χ1n) is 10.3. The van der Waals surface area contributed by atoms with Gasteiger partial charge in [0.05, 0.1) is 16.1 Å². The molecule has 0 bridgehead atoms. The van der Waals surface area contributed by atoms with Crippen molar-refractivity contribution in [3.8, 4) is 10.6 Å². The molecule has 2 amide bonds. The highest BCUT2D eigenvalue weighted by molar-refractivity contribution is 7.13. The van der Waals surface area contributed by atoms with Crippen molar-refractivity contribution in [3.63, 3.8) is 0 Å². The van der Waals surface area contributed by atoms with Crippen LogP contribution in [-0.4, -0.2) is 51.6 Å². The molecule has 2 aromatic heterocycles. The van der Waals surface area contributed by atoms with Crippen LogP contribution in [0.4, 0.5) is 23.9 Å². The third-order valence-electron chi connectivity index (χ3n) is 5.08. The van der Waals surface area contributed by atoms with Crippen molar-refractivity contribution in [1.29, 1.82) is 0 Å². The van der Waals surface area contributed by atoms with Crippen LogP contribution in [0.5, 0.6) is 0 Å². The number of aromatic nitrogens is 2. The largest absolute Gasteiger partial charge is 0.444 e. The molecular weight excluding hydrogens is 459 g/mol. The second-order valence-electron chi connectivity index (χ2n) is 8.96. The number of hydrogen-bond donors (Lipinski definition) is 2.